The maximum atomic E-state index is 13.6. The first-order valence-corrected chi connectivity index (χ1v) is 11.1. The van der Waals surface area contributed by atoms with Crippen LogP contribution >= 0.6 is 11.6 Å². The third-order valence-electron chi connectivity index (χ3n) is 5.78. The number of aromatic nitrogens is 2. The molecule has 2 amide bonds. The maximum Gasteiger partial charge on any atom is 0.326 e. The van der Waals surface area contributed by atoms with Gasteiger partial charge in [-0.15, -0.1) is 0 Å². The minimum absolute atomic E-state index is 0.238. The third kappa shape index (κ3) is 4.36. The number of rotatable bonds is 5. The second-order valence-corrected chi connectivity index (χ2v) is 8.33. The van der Waals surface area contributed by atoms with Gasteiger partial charge in [0.05, 0.1) is 24.4 Å². The van der Waals surface area contributed by atoms with Crippen molar-refractivity contribution in [2.45, 2.75) is 13.0 Å². The van der Waals surface area contributed by atoms with Crippen molar-refractivity contribution < 1.29 is 18.4 Å². The smallest absolute Gasteiger partial charge is 0.326 e. The molecule has 35 heavy (non-hydrogen) atoms. The Kier molecular flexibility index (Phi) is 5.96. The van der Waals surface area contributed by atoms with Crippen LogP contribution in [0.5, 0.6) is 5.75 Å². The van der Waals surface area contributed by atoms with Crippen molar-refractivity contribution in [3.63, 3.8) is 0 Å². The average Bonchev–Trinajstić information content (AvgIpc) is 3.35. The summed E-state index contributed by atoms with van der Waals surface area (Å²) in [5.74, 6) is 0.957. The summed E-state index contributed by atoms with van der Waals surface area (Å²) in [6.45, 7) is 1.80. The molecular formula is C26H20ClFN4O3. The van der Waals surface area contributed by atoms with Gasteiger partial charge in [0, 0.05) is 16.3 Å². The number of halogens is 2. The Morgan fingerprint density at radius 2 is 1.71 bits per heavy atom. The first kappa shape index (κ1) is 22.6. The van der Waals surface area contributed by atoms with E-state index in [1.165, 1.54) is 17.0 Å². The van der Waals surface area contributed by atoms with E-state index in [4.69, 9.17) is 20.9 Å². The molecule has 0 aliphatic carbocycles. The first-order valence-electron chi connectivity index (χ1n) is 10.8. The van der Waals surface area contributed by atoms with E-state index >= 15 is 0 Å². The summed E-state index contributed by atoms with van der Waals surface area (Å²) in [4.78, 5) is 19.3. The van der Waals surface area contributed by atoms with E-state index in [1.54, 1.807) is 62.6 Å². The number of methoxy groups -OCH3 is 1. The monoisotopic (exact) mass is 490 g/mol. The highest BCUT2D eigenvalue weighted by Crippen LogP contribution is 2.39. The Labute approximate surface area is 205 Å². The summed E-state index contributed by atoms with van der Waals surface area (Å²) < 4.78 is 24.5. The number of carbonyl (C=O) groups is 1. The van der Waals surface area contributed by atoms with Crippen molar-refractivity contribution in [1.29, 1.82) is 0 Å². The second-order valence-electron chi connectivity index (χ2n) is 7.90. The number of urea groups is 1. The van der Waals surface area contributed by atoms with Crippen LogP contribution in [0.4, 0.5) is 14.9 Å². The number of ether oxygens (including phenoxy) is 1. The molecule has 1 N–H and O–H groups in total. The zero-order valence-electron chi connectivity index (χ0n) is 18.8. The second kappa shape index (κ2) is 9.23. The molecule has 0 bridgehead atoms. The normalized spacial score (nSPS) is 15.8. The molecule has 0 radical (unpaired) electrons. The quantitative estimate of drug-likeness (QED) is 0.358. The van der Waals surface area contributed by atoms with Crippen LogP contribution in [0.15, 0.2) is 83.0 Å². The maximum absolute atomic E-state index is 13.6. The van der Waals surface area contributed by atoms with Crippen molar-refractivity contribution in [2.75, 3.05) is 12.0 Å². The summed E-state index contributed by atoms with van der Waals surface area (Å²) in [5, 5.41) is 7.69. The van der Waals surface area contributed by atoms with Crippen LogP contribution in [-0.2, 0) is 0 Å². The van der Waals surface area contributed by atoms with Crippen LogP contribution in [0.2, 0.25) is 5.02 Å². The molecule has 3 aromatic carbocycles. The van der Waals surface area contributed by atoms with Crippen LogP contribution in [0.1, 0.15) is 24.4 Å². The fourth-order valence-corrected chi connectivity index (χ4v) is 4.14. The van der Waals surface area contributed by atoms with E-state index in [1.807, 2.05) is 12.1 Å². The van der Waals surface area contributed by atoms with Crippen molar-refractivity contribution in [3.8, 4) is 17.1 Å². The van der Waals surface area contributed by atoms with E-state index in [9.17, 15) is 9.18 Å². The number of benzene rings is 3. The molecule has 9 heteroatoms. The molecule has 1 aromatic heterocycles. The lowest BCUT2D eigenvalue weighted by atomic mass is 9.94. The SMILES string of the molecule is COc1ccc(-c2noc(C3=C(C)N(c4ccc(Cl)cc4)C(=O)NC3c3ccc(F)cc3)n2)cc1. The zero-order chi connectivity index (χ0) is 24.5. The molecule has 4 aromatic rings. The number of nitrogens with one attached hydrogen (secondary N) is 1. The van der Waals surface area contributed by atoms with Gasteiger partial charge in [-0.3, -0.25) is 4.90 Å². The van der Waals surface area contributed by atoms with Gasteiger partial charge in [0.2, 0.25) is 5.82 Å². The fraction of sp³-hybridized carbons (Fsp3) is 0.115. The minimum atomic E-state index is -0.629. The van der Waals surface area contributed by atoms with Crippen molar-refractivity contribution in [3.05, 3.63) is 101 Å². The van der Waals surface area contributed by atoms with Gasteiger partial charge in [0.15, 0.2) is 0 Å². The lowest BCUT2D eigenvalue weighted by molar-refractivity contribution is 0.244. The fourth-order valence-electron chi connectivity index (χ4n) is 4.02. The van der Waals surface area contributed by atoms with Gasteiger partial charge in [-0.2, -0.15) is 4.98 Å². The zero-order valence-corrected chi connectivity index (χ0v) is 19.6. The molecule has 176 valence electrons. The van der Waals surface area contributed by atoms with Gasteiger partial charge in [0.25, 0.3) is 5.89 Å². The Bertz CT molecular complexity index is 1400. The van der Waals surface area contributed by atoms with Crippen LogP contribution in [0.3, 0.4) is 0 Å². The molecule has 0 saturated carbocycles. The van der Waals surface area contributed by atoms with Crippen molar-refractivity contribution in [1.82, 2.24) is 15.5 Å². The predicted octanol–water partition coefficient (Wildman–Crippen LogP) is 6.24. The van der Waals surface area contributed by atoms with Gasteiger partial charge in [0.1, 0.15) is 11.6 Å². The largest absolute Gasteiger partial charge is 0.497 e. The molecule has 7 nitrogen and oxygen atoms in total. The van der Waals surface area contributed by atoms with E-state index in [0.717, 1.165) is 5.56 Å². The lowest BCUT2D eigenvalue weighted by Crippen LogP contribution is -2.46. The number of hydrogen-bond donors (Lipinski definition) is 1. The Hall–Kier alpha value is -4.17. The summed E-state index contributed by atoms with van der Waals surface area (Å²) in [6, 6.07) is 19.1. The average molecular weight is 491 g/mol. The van der Waals surface area contributed by atoms with Crippen molar-refractivity contribution >= 4 is 28.9 Å². The standard InChI is InChI=1S/C26H20ClFN4O3/c1-15-22(25-30-24(31-35-25)17-5-13-21(34-2)14-6-17)23(16-3-9-19(28)10-4-16)29-26(33)32(15)20-11-7-18(27)8-12-20/h3-14,23H,1-2H3,(H,29,33). The topological polar surface area (TPSA) is 80.5 Å². The molecule has 1 unspecified atom stereocenters. The van der Waals surface area contributed by atoms with Crippen LogP contribution < -0.4 is 15.0 Å². The number of anilines is 1. The first-order chi connectivity index (χ1) is 16.9. The van der Waals surface area contributed by atoms with Gasteiger partial charge in [-0.05, 0) is 73.2 Å². The van der Waals surface area contributed by atoms with E-state index in [-0.39, 0.29) is 17.7 Å². The molecule has 1 aliphatic heterocycles. The molecule has 5 rings (SSSR count). The molecule has 1 aliphatic rings. The summed E-state index contributed by atoms with van der Waals surface area (Å²) in [6.07, 6.45) is 0. The Morgan fingerprint density at radius 1 is 1.03 bits per heavy atom. The number of allylic oxidation sites excluding steroid dienone is 1. The molecule has 0 saturated heterocycles. The van der Waals surface area contributed by atoms with Crippen LogP contribution in [-0.4, -0.2) is 23.3 Å². The van der Waals surface area contributed by atoms with Gasteiger partial charge in [-0.1, -0.05) is 28.9 Å². The van der Waals surface area contributed by atoms with Gasteiger partial charge >= 0.3 is 6.03 Å². The number of carbonyl (C=O) groups excluding carboxylic acids is 1. The highest BCUT2D eigenvalue weighted by Gasteiger charge is 2.36. The van der Waals surface area contributed by atoms with Crippen molar-refractivity contribution in [2.24, 2.45) is 0 Å². The summed E-state index contributed by atoms with van der Waals surface area (Å²) in [7, 11) is 1.59. The molecule has 2 heterocycles. The molecule has 0 fully saturated rings. The third-order valence-corrected chi connectivity index (χ3v) is 6.03. The summed E-state index contributed by atoms with van der Waals surface area (Å²) >= 11 is 6.04. The number of nitrogens with zero attached hydrogens (tertiary/aromatic N) is 3. The Morgan fingerprint density at radius 3 is 2.37 bits per heavy atom. The highest BCUT2D eigenvalue weighted by molar-refractivity contribution is 6.30. The van der Waals surface area contributed by atoms with Crippen LogP contribution in [0.25, 0.3) is 17.0 Å². The Balaban J connectivity index is 1.62. The molecule has 0 spiro atoms. The highest BCUT2D eigenvalue weighted by atomic mass is 35.5. The van der Waals surface area contributed by atoms with E-state index < -0.39 is 6.04 Å². The lowest BCUT2D eigenvalue weighted by Gasteiger charge is -2.35. The predicted molar refractivity (Wildman–Crippen MR) is 130 cm³/mol. The van der Waals surface area contributed by atoms with Gasteiger partial charge < -0.3 is 14.6 Å². The van der Waals surface area contributed by atoms with Gasteiger partial charge in [-0.25, -0.2) is 9.18 Å². The van der Waals surface area contributed by atoms with Crippen LogP contribution in [0, 0.1) is 5.82 Å². The minimum Gasteiger partial charge on any atom is -0.497 e. The van der Waals surface area contributed by atoms with E-state index in [0.29, 0.717) is 39.1 Å². The molecular weight excluding hydrogens is 471 g/mol. The summed E-state index contributed by atoms with van der Waals surface area (Å²) in [5.41, 5.74) is 3.23. The number of hydrogen-bond acceptors (Lipinski definition) is 5. The number of amides is 2. The van der Waals surface area contributed by atoms with E-state index in [2.05, 4.69) is 15.5 Å². The molecule has 1 atom stereocenters.